The smallest absolute Gasteiger partial charge is 0.0991 e. The van der Waals surface area contributed by atoms with Gasteiger partial charge in [-0.2, -0.15) is 5.26 Å². The summed E-state index contributed by atoms with van der Waals surface area (Å²) in [5, 5.41) is 12.9. The first-order valence-electron chi connectivity index (χ1n) is 9.34. The van der Waals surface area contributed by atoms with Crippen molar-refractivity contribution in [1.29, 1.82) is 5.26 Å². The topological polar surface area (TPSA) is 57.4 Å². The van der Waals surface area contributed by atoms with Gasteiger partial charge in [-0.05, 0) is 41.3 Å². The number of ether oxygens (including phenoxy) is 1. The van der Waals surface area contributed by atoms with E-state index in [2.05, 4.69) is 47.6 Å². The summed E-state index contributed by atoms with van der Waals surface area (Å²) < 4.78 is 5.98. The molecule has 0 spiro atoms. The average molecular weight is 378 g/mol. The molecule has 0 amide bonds. The number of nitriles is 1. The van der Waals surface area contributed by atoms with Crippen molar-refractivity contribution in [2.45, 2.75) is 24.7 Å². The fourth-order valence-corrected chi connectivity index (χ4v) is 4.74. The third-order valence-electron chi connectivity index (χ3n) is 5.08. The molecule has 27 heavy (non-hydrogen) atoms. The number of thioether (sulfide) groups is 1. The van der Waals surface area contributed by atoms with Crippen LogP contribution in [0.5, 0.6) is 0 Å². The van der Waals surface area contributed by atoms with Crippen molar-refractivity contribution >= 4 is 17.3 Å². The van der Waals surface area contributed by atoms with Crippen LogP contribution in [-0.4, -0.2) is 37.9 Å². The Morgan fingerprint density at radius 3 is 2.81 bits per heavy atom. The summed E-state index contributed by atoms with van der Waals surface area (Å²) in [4.78, 5) is 4.46. The van der Waals surface area contributed by atoms with E-state index in [9.17, 15) is 0 Å². The zero-order valence-corrected chi connectivity index (χ0v) is 16.3. The summed E-state index contributed by atoms with van der Waals surface area (Å²) in [7, 11) is 0. The van der Waals surface area contributed by atoms with Gasteiger partial charge >= 0.3 is 0 Å². The lowest BCUT2D eigenvalue weighted by Crippen LogP contribution is -2.39. The molecule has 138 valence electrons. The van der Waals surface area contributed by atoms with Crippen LogP contribution in [0, 0.1) is 18.3 Å². The normalized spacial score (nSPS) is 21.9. The van der Waals surface area contributed by atoms with E-state index >= 15 is 0 Å². The van der Waals surface area contributed by atoms with Gasteiger partial charge in [-0.25, -0.2) is 0 Å². The summed E-state index contributed by atoms with van der Waals surface area (Å²) in [6.07, 6.45) is 1.12. The average Bonchev–Trinajstić information content (AvgIpc) is 3.23. The van der Waals surface area contributed by atoms with E-state index in [4.69, 9.17) is 10.00 Å². The van der Waals surface area contributed by atoms with E-state index in [1.807, 2.05) is 17.7 Å². The molecule has 0 aliphatic carbocycles. The zero-order chi connectivity index (χ0) is 18.6. The van der Waals surface area contributed by atoms with Crippen molar-refractivity contribution < 1.29 is 4.74 Å². The van der Waals surface area contributed by atoms with Gasteiger partial charge in [0.1, 0.15) is 0 Å². The SMILES string of the molecule is Cc1cc(CC2CNCCO2)c(C2CN=CS2)c(-c2ccc(C#N)cc2)c1. The summed E-state index contributed by atoms with van der Waals surface area (Å²) in [5.74, 6) is 0. The second-order valence-electron chi connectivity index (χ2n) is 7.07. The van der Waals surface area contributed by atoms with E-state index < -0.39 is 0 Å². The molecule has 0 aromatic heterocycles. The number of morpholine rings is 1. The highest BCUT2D eigenvalue weighted by atomic mass is 32.2. The number of aliphatic imine (C=N–C) groups is 1. The van der Waals surface area contributed by atoms with E-state index in [0.29, 0.717) is 10.8 Å². The molecule has 2 heterocycles. The van der Waals surface area contributed by atoms with Crippen LogP contribution >= 0.6 is 11.8 Å². The largest absolute Gasteiger partial charge is 0.375 e. The van der Waals surface area contributed by atoms with Crippen molar-refractivity contribution in [3.05, 3.63) is 58.7 Å². The van der Waals surface area contributed by atoms with Crippen LogP contribution in [-0.2, 0) is 11.2 Å². The molecule has 2 atom stereocenters. The minimum absolute atomic E-state index is 0.209. The van der Waals surface area contributed by atoms with Gasteiger partial charge in [0, 0.05) is 19.5 Å². The van der Waals surface area contributed by atoms with Crippen molar-refractivity contribution in [1.82, 2.24) is 5.32 Å². The van der Waals surface area contributed by atoms with Crippen molar-refractivity contribution in [2.24, 2.45) is 4.99 Å². The molecular weight excluding hydrogens is 354 g/mol. The molecule has 5 heteroatoms. The highest BCUT2D eigenvalue weighted by Gasteiger charge is 2.25. The first-order valence-corrected chi connectivity index (χ1v) is 10.3. The lowest BCUT2D eigenvalue weighted by molar-refractivity contribution is 0.0291. The van der Waals surface area contributed by atoms with E-state index in [0.717, 1.165) is 38.2 Å². The third kappa shape index (κ3) is 4.08. The minimum Gasteiger partial charge on any atom is -0.375 e. The maximum Gasteiger partial charge on any atom is 0.0991 e. The van der Waals surface area contributed by atoms with Crippen LogP contribution in [0.2, 0.25) is 0 Å². The van der Waals surface area contributed by atoms with Gasteiger partial charge in [-0.15, -0.1) is 11.8 Å². The van der Waals surface area contributed by atoms with Crippen molar-refractivity contribution in [3.8, 4) is 17.2 Å². The van der Waals surface area contributed by atoms with Gasteiger partial charge in [-0.3, -0.25) is 4.99 Å². The molecular formula is C22H23N3OS. The number of hydrogen-bond acceptors (Lipinski definition) is 5. The Morgan fingerprint density at radius 1 is 1.30 bits per heavy atom. The second kappa shape index (κ2) is 8.26. The van der Waals surface area contributed by atoms with Crippen molar-refractivity contribution in [3.63, 3.8) is 0 Å². The van der Waals surface area contributed by atoms with E-state index in [-0.39, 0.29) is 6.10 Å². The second-order valence-corrected chi connectivity index (χ2v) is 8.12. The maximum atomic E-state index is 9.11. The highest BCUT2D eigenvalue weighted by Crippen LogP contribution is 2.41. The summed E-state index contributed by atoms with van der Waals surface area (Å²) >= 11 is 1.79. The molecule has 0 bridgehead atoms. The van der Waals surface area contributed by atoms with Gasteiger partial charge in [0.05, 0.1) is 41.7 Å². The molecule has 1 fully saturated rings. The number of nitrogens with one attached hydrogen (secondary N) is 1. The van der Waals surface area contributed by atoms with Crippen LogP contribution in [0.15, 0.2) is 41.4 Å². The Kier molecular flexibility index (Phi) is 5.58. The first kappa shape index (κ1) is 18.2. The fraction of sp³-hybridized carbons (Fsp3) is 0.364. The van der Waals surface area contributed by atoms with Gasteiger partial charge in [0.2, 0.25) is 0 Å². The highest BCUT2D eigenvalue weighted by molar-refractivity contribution is 8.12. The fourth-order valence-electron chi connectivity index (χ4n) is 3.84. The Bertz CT molecular complexity index is 872. The van der Waals surface area contributed by atoms with Crippen LogP contribution in [0.4, 0.5) is 0 Å². The Morgan fingerprint density at radius 2 is 2.15 bits per heavy atom. The quantitative estimate of drug-likeness (QED) is 0.878. The number of aryl methyl sites for hydroxylation is 1. The lowest BCUT2D eigenvalue weighted by Gasteiger charge is -2.27. The third-order valence-corrected chi connectivity index (χ3v) is 6.06. The zero-order valence-electron chi connectivity index (χ0n) is 15.4. The molecule has 0 saturated carbocycles. The predicted octanol–water partition coefficient (Wildman–Crippen LogP) is 3.88. The van der Waals surface area contributed by atoms with Gasteiger partial charge in [-0.1, -0.05) is 29.8 Å². The van der Waals surface area contributed by atoms with Crippen LogP contribution in [0.3, 0.4) is 0 Å². The van der Waals surface area contributed by atoms with Gasteiger partial charge in [0.15, 0.2) is 0 Å². The van der Waals surface area contributed by atoms with Crippen LogP contribution in [0.25, 0.3) is 11.1 Å². The molecule has 0 radical (unpaired) electrons. The molecule has 2 aromatic rings. The number of benzene rings is 2. The summed E-state index contributed by atoms with van der Waals surface area (Å²) in [6.45, 7) is 5.57. The van der Waals surface area contributed by atoms with E-state index in [1.165, 1.54) is 22.3 Å². The van der Waals surface area contributed by atoms with Crippen LogP contribution < -0.4 is 5.32 Å². The predicted molar refractivity (Wildman–Crippen MR) is 111 cm³/mol. The van der Waals surface area contributed by atoms with Crippen molar-refractivity contribution in [2.75, 3.05) is 26.2 Å². The summed E-state index contributed by atoms with van der Waals surface area (Å²) in [6, 6.07) is 14.7. The monoisotopic (exact) mass is 377 g/mol. The van der Waals surface area contributed by atoms with Crippen LogP contribution in [0.1, 0.15) is 27.5 Å². The Hall–Kier alpha value is -2.13. The lowest BCUT2D eigenvalue weighted by atomic mass is 9.88. The molecule has 2 aliphatic heterocycles. The Balaban J connectivity index is 1.77. The molecule has 2 aliphatic rings. The van der Waals surface area contributed by atoms with Gasteiger partial charge in [0.25, 0.3) is 0 Å². The summed E-state index contributed by atoms with van der Waals surface area (Å²) in [5.41, 5.74) is 9.03. The molecule has 1 saturated heterocycles. The maximum absolute atomic E-state index is 9.11. The number of nitrogens with zero attached hydrogens (tertiary/aromatic N) is 2. The molecule has 1 N–H and O–H groups in total. The molecule has 4 nitrogen and oxygen atoms in total. The number of hydrogen-bond donors (Lipinski definition) is 1. The number of rotatable bonds is 4. The first-order chi connectivity index (χ1) is 13.2. The molecule has 4 rings (SSSR count). The minimum atomic E-state index is 0.209. The van der Waals surface area contributed by atoms with Gasteiger partial charge < -0.3 is 10.1 Å². The standard InChI is InChI=1S/C22H23N3OS/c1-15-8-18(10-19-12-24-6-7-26-19)22(21-13-25-14-27-21)20(9-15)17-4-2-16(11-23)3-5-17/h2-5,8-9,14,19,21,24H,6-7,10,12-13H2,1H3. The Labute approximate surface area is 164 Å². The van der Waals surface area contributed by atoms with E-state index in [1.54, 1.807) is 11.8 Å². The molecule has 2 aromatic carbocycles. The molecule has 2 unspecified atom stereocenters.